The highest BCUT2D eigenvalue weighted by Gasteiger charge is 2.10. The topological polar surface area (TPSA) is 72.7 Å². The lowest BCUT2D eigenvalue weighted by atomic mass is 10.4. The van der Waals surface area contributed by atoms with Gasteiger partial charge < -0.3 is 5.32 Å². The van der Waals surface area contributed by atoms with Crippen LogP contribution >= 0.6 is 11.3 Å². The quantitative estimate of drug-likeness (QED) is 0.839. The maximum atomic E-state index is 11.7. The van der Waals surface area contributed by atoms with Crippen LogP contribution in [-0.2, 0) is 6.54 Å². The molecule has 2 heterocycles. The Balaban J connectivity index is 1.83. The van der Waals surface area contributed by atoms with E-state index < -0.39 is 0 Å². The molecule has 0 atom stereocenters. The molecule has 84 valence electrons. The molecule has 2 aromatic heterocycles. The Kier molecular flexibility index (Phi) is 3.25. The van der Waals surface area contributed by atoms with E-state index in [0.29, 0.717) is 18.0 Å². The van der Waals surface area contributed by atoms with E-state index in [9.17, 15) is 4.79 Å². The van der Waals surface area contributed by atoms with Gasteiger partial charge in [-0.05, 0) is 6.92 Å². The Hall–Kier alpha value is -1.76. The molecule has 0 aliphatic carbocycles. The Labute approximate surface area is 96.3 Å². The average Bonchev–Trinajstić information content (AvgIpc) is 2.88. The van der Waals surface area contributed by atoms with Gasteiger partial charge in [0.15, 0.2) is 0 Å². The lowest BCUT2D eigenvalue weighted by Gasteiger charge is -2.03. The summed E-state index contributed by atoms with van der Waals surface area (Å²) >= 11 is 1.35. The van der Waals surface area contributed by atoms with E-state index in [0.717, 1.165) is 5.69 Å². The Morgan fingerprint density at radius 1 is 1.62 bits per heavy atom. The summed E-state index contributed by atoms with van der Waals surface area (Å²) in [5.74, 6) is -0.0832. The molecule has 0 unspecified atom stereocenters. The van der Waals surface area contributed by atoms with Gasteiger partial charge in [-0.2, -0.15) is 0 Å². The minimum absolute atomic E-state index is 0.0832. The first-order valence-corrected chi connectivity index (χ1v) is 5.67. The van der Waals surface area contributed by atoms with Crippen molar-refractivity contribution in [1.29, 1.82) is 0 Å². The van der Waals surface area contributed by atoms with Crippen molar-refractivity contribution in [2.75, 3.05) is 6.54 Å². The van der Waals surface area contributed by atoms with Crippen LogP contribution in [0.15, 0.2) is 17.9 Å². The molecule has 0 spiro atoms. The number of carbonyl (C=O) groups is 1. The molecule has 0 saturated carbocycles. The fraction of sp³-hybridized carbons (Fsp3) is 0.333. The van der Waals surface area contributed by atoms with Gasteiger partial charge in [-0.25, -0.2) is 4.98 Å². The highest BCUT2D eigenvalue weighted by Crippen LogP contribution is 2.11. The summed E-state index contributed by atoms with van der Waals surface area (Å²) in [5.41, 5.74) is 2.44. The van der Waals surface area contributed by atoms with E-state index in [4.69, 9.17) is 0 Å². The number of amides is 1. The third kappa shape index (κ3) is 2.43. The van der Waals surface area contributed by atoms with Crippen LogP contribution in [0.4, 0.5) is 0 Å². The predicted molar refractivity (Wildman–Crippen MR) is 59.2 cm³/mol. The summed E-state index contributed by atoms with van der Waals surface area (Å²) in [6.45, 7) is 2.96. The molecule has 1 N–H and O–H groups in total. The van der Waals surface area contributed by atoms with Crippen LogP contribution in [0, 0.1) is 6.92 Å². The van der Waals surface area contributed by atoms with Gasteiger partial charge in [0.2, 0.25) is 0 Å². The molecule has 0 fully saturated rings. The zero-order valence-electron chi connectivity index (χ0n) is 8.75. The predicted octanol–water partition coefficient (Wildman–Crippen LogP) is 0.473. The molecule has 0 saturated heterocycles. The van der Waals surface area contributed by atoms with Crippen LogP contribution in [-0.4, -0.2) is 32.4 Å². The monoisotopic (exact) mass is 237 g/mol. The van der Waals surface area contributed by atoms with Crippen LogP contribution < -0.4 is 5.32 Å². The normalized spacial score (nSPS) is 10.3. The molecule has 0 radical (unpaired) electrons. The van der Waals surface area contributed by atoms with Gasteiger partial charge in [0.1, 0.15) is 4.88 Å². The minimum Gasteiger partial charge on any atom is -0.349 e. The third-order valence-electron chi connectivity index (χ3n) is 2.05. The molecule has 0 aliphatic heterocycles. The lowest BCUT2D eigenvalue weighted by molar-refractivity contribution is 0.0955. The highest BCUT2D eigenvalue weighted by atomic mass is 32.1. The van der Waals surface area contributed by atoms with Gasteiger partial charge in [-0.15, -0.1) is 16.4 Å². The van der Waals surface area contributed by atoms with Crippen molar-refractivity contribution in [2.45, 2.75) is 13.5 Å². The summed E-state index contributed by atoms with van der Waals surface area (Å²) < 4.78 is 1.67. The second-order valence-electron chi connectivity index (χ2n) is 3.19. The number of carbonyl (C=O) groups excluding carboxylic acids is 1. The first-order valence-electron chi connectivity index (χ1n) is 4.80. The fourth-order valence-electron chi connectivity index (χ4n) is 1.24. The molecular formula is C9H11N5OS. The number of aryl methyl sites for hydroxylation is 1. The smallest absolute Gasteiger partial charge is 0.263 e. The number of nitrogens with zero attached hydrogens (tertiary/aromatic N) is 4. The van der Waals surface area contributed by atoms with Crippen LogP contribution in [0.2, 0.25) is 0 Å². The van der Waals surface area contributed by atoms with Gasteiger partial charge in [0.05, 0.1) is 23.9 Å². The van der Waals surface area contributed by atoms with Gasteiger partial charge >= 0.3 is 0 Å². The van der Waals surface area contributed by atoms with Crippen LogP contribution in [0.25, 0.3) is 0 Å². The fourth-order valence-corrected chi connectivity index (χ4v) is 1.95. The molecule has 16 heavy (non-hydrogen) atoms. The Bertz CT molecular complexity index is 464. The number of nitrogens with one attached hydrogen (secondary N) is 1. The first-order chi connectivity index (χ1) is 7.77. The molecular weight excluding hydrogens is 226 g/mol. The number of hydrogen-bond donors (Lipinski definition) is 1. The molecule has 2 rings (SSSR count). The molecule has 0 bridgehead atoms. The SMILES string of the molecule is Cc1ncsc1C(=O)NCCn1ccnn1. The molecule has 7 heteroatoms. The lowest BCUT2D eigenvalue weighted by Crippen LogP contribution is -2.27. The summed E-state index contributed by atoms with van der Waals surface area (Å²) in [6.07, 6.45) is 3.36. The highest BCUT2D eigenvalue weighted by molar-refractivity contribution is 7.11. The number of hydrogen-bond acceptors (Lipinski definition) is 5. The van der Waals surface area contributed by atoms with E-state index in [2.05, 4.69) is 20.6 Å². The summed E-state index contributed by atoms with van der Waals surface area (Å²) in [7, 11) is 0. The Morgan fingerprint density at radius 2 is 2.50 bits per heavy atom. The number of aromatic nitrogens is 4. The van der Waals surface area contributed by atoms with Crippen molar-refractivity contribution >= 4 is 17.2 Å². The number of thiazole rings is 1. The van der Waals surface area contributed by atoms with Crippen molar-refractivity contribution in [3.05, 3.63) is 28.5 Å². The van der Waals surface area contributed by atoms with Crippen LogP contribution in [0.3, 0.4) is 0 Å². The largest absolute Gasteiger partial charge is 0.349 e. The van der Waals surface area contributed by atoms with Crippen molar-refractivity contribution in [3.8, 4) is 0 Å². The van der Waals surface area contributed by atoms with E-state index >= 15 is 0 Å². The standard InChI is InChI=1S/C9H11N5OS/c1-7-8(16-6-11-7)9(15)10-2-4-14-5-3-12-13-14/h3,5-6H,2,4H2,1H3,(H,10,15). The van der Waals surface area contributed by atoms with Crippen molar-refractivity contribution < 1.29 is 4.79 Å². The zero-order chi connectivity index (χ0) is 11.4. The maximum absolute atomic E-state index is 11.7. The number of rotatable bonds is 4. The van der Waals surface area contributed by atoms with Crippen LogP contribution in [0.5, 0.6) is 0 Å². The first kappa shape index (κ1) is 10.7. The van der Waals surface area contributed by atoms with Crippen molar-refractivity contribution in [2.24, 2.45) is 0 Å². The molecule has 6 nitrogen and oxygen atoms in total. The maximum Gasteiger partial charge on any atom is 0.263 e. The van der Waals surface area contributed by atoms with Crippen LogP contribution in [0.1, 0.15) is 15.4 Å². The van der Waals surface area contributed by atoms with E-state index in [1.807, 2.05) is 6.92 Å². The van der Waals surface area contributed by atoms with E-state index in [1.165, 1.54) is 11.3 Å². The van der Waals surface area contributed by atoms with Crippen molar-refractivity contribution in [1.82, 2.24) is 25.3 Å². The van der Waals surface area contributed by atoms with Crippen molar-refractivity contribution in [3.63, 3.8) is 0 Å². The van der Waals surface area contributed by atoms with E-state index in [-0.39, 0.29) is 5.91 Å². The summed E-state index contributed by atoms with van der Waals surface area (Å²) in [6, 6.07) is 0. The van der Waals surface area contributed by atoms with Gasteiger partial charge in [0, 0.05) is 12.7 Å². The minimum atomic E-state index is -0.0832. The van der Waals surface area contributed by atoms with Gasteiger partial charge in [-0.3, -0.25) is 9.48 Å². The molecule has 0 aliphatic rings. The second kappa shape index (κ2) is 4.84. The summed E-state index contributed by atoms with van der Waals surface area (Å²) in [5, 5.41) is 10.3. The summed E-state index contributed by atoms with van der Waals surface area (Å²) in [4.78, 5) is 16.4. The zero-order valence-corrected chi connectivity index (χ0v) is 9.57. The molecule has 0 aromatic carbocycles. The van der Waals surface area contributed by atoms with Gasteiger partial charge in [-0.1, -0.05) is 5.21 Å². The van der Waals surface area contributed by atoms with Gasteiger partial charge in [0.25, 0.3) is 5.91 Å². The van der Waals surface area contributed by atoms with E-state index in [1.54, 1.807) is 22.6 Å². The third-order valence-corrected chi connectivity index (χ3v) is 2.98. The molecule has 1 amide bonds. The Morgan fingerprint density at radius 3 is 3.12 bits per heavy atom. The second-order valence-corrected chi connectivity index (χ2v) is 4.04. The average molecular weight is 237 g/mol. The molecule has 2 aromatic rings.